The van der Waals surface area contributed by atoms with Crippen LogP contribution in [0.1, 0.15) is 45.1 Å². The van der Waals surface area contributed by atoms with Crippen molar-refractivity contribution in [3.63, 3.8) is 0 Å². The van der Waals surface area contributed by atoms with Gasteiger partial charge in [-0.3, -0.25) is 0 Å². The monoisotopic (exact) mass is 356 g/mol. The highest BCUT2D eigenvalue weighted by molar-refractivity contribution is 9.10. The van der Waals surface area contributed by atoms with E-state index >= 15 is 0 Å². The third-order valence-corrected chi connectivity index (χ3v) is 5.31. The van der Waals surface area contributed by atoms with Crippen molar-refractivity contribution < 1.29 is 4.39 Å². The fraction of sp³-hybridized carbons (Fsp3) is 0.533. The Balaban J connectivity index is 2.17. The van der Waals surface area contributed by atoms with Crippen molar-refractivity contribution in [1.82, 2.24) is 9.55 Å². The highest BCUT2D eigenvalue weighted by atomic mass is 79.9. The summed E-state index contributed by atoms with van der Waals surface area (Å²) >= 11 is 8.77. The topological polar surface area (TPSA) is 20.7 Å². The lowest BCUT2D eigenvalue weighted by molar-refractivity contribution is 0.338. The van der Waals surface area contributed by atoms with Crippen LogP contribution in [0.15, 0.2) is 16.6 Å². The van der Waals surface area contributed by atoms with E-state index in [9.17, 15) is 4.39 Å². The van der Waals surface area contributed by atoms with Crippen LogP contribution in [-0.4, -0.2) is 9.55 Å². The third kappa shape index (κ3) is 2.46. The summed E-state index contributed by atoms with van der Waals surface area (Å²) in [5, 5.41) is 0. The van der Waals surface area contributed by atoms with Gasteiger partial charge in [-0.1, -0.05) is 26.2 Å². The summed E-state index contributed by atoms with van der Waals surface area (Å²) in [5.74, 6) is 0.349. The maximum atomic E-state index is 13.7. The molecular weight excluding hydrogens is 339 g/mol. The Morgan fingerprint density at radius 2 is 2.05 bits per heavy atom. The predicted octanol–water partition coefficient (Wildman–Crippen LogP) is 5.74. The van der Waals surface area contributed by atoms with Crippen LogP contribution < -0.4 is 0 Å². The van der Waals surface area contributed by atoms with Crippen molar-refractivity contribution in [3.8, 4) is 0 Å². The number of rotatable bonds is 1. The minimum Gasteiger partial charge on any atom is -0.330 e. The average molecular weight is 357 g/mol. The van der Waals surface area contributed by atoms with Gasteiger partial charge in [0.2, 0.25) is 0 Å². The summed E-state index contributed by atoms with van der Waals surface area (Å²) in [5.41, 5.74) is 1.79. The van der Waals surface area contributed by atoms with Gasteiger partial charge in [0, 0.05) is 12.1 Å². The molecule has 0 radical (unpaired) electrons. The van der Waals surface area contributed by atoms with Crippen LogP contribution in [0, 0.1) is 16.5 Å². The number of aromatic nitrogens is 2. The molecular formula is C15H18BrFN2S. The molecule has 20 heavy (non-hydrogen) atoms. The number of H-pyrrole nitrogens is 1. The van der Waals surface area contributed by atoms with Crippen LogP contribution in [0.2, 0.25) is 0 Å². The van der Waals surface area contributed by atoms with Gasteiger partial charge >= 0.3 is 0 Å². The zero-order valence-corrected chi connectivity index (χ0v) is 13.9. The summed E-state index contributed by atoms with van der Waals surface area (Å²) in [7, 11) is 0. The molecule has 2 nitrogen and oxygen atoms in total. The zero-order chi connectivity index (χ0) is 14.3. The van der Waals surface area contributed by atoms with Gasteiger partial charge in [0.05, 0.1) is 15.5 Å². The third-order valence-electron chi connectivity index (χ3n) is 4.41. The number of benzene rings is 1. The number of hydrogen-bond acceptors (Lipinski definition) is 1. The van der Waals surface area contributed by atoms with E-state index in [0.29, 0.717) is 21.2 Å². The predicted molar refractivity (Wildman–Crippen MR) is 86.1 cm³/mol. The lowest BCUT2D eigenvalue weighted by Crippen LogP contribution is -2.16. The van der Waals surface area contributed by atoms with E-state index in [1.807, 2.05) is 6.07 Å². The molecule has 108 valence electrons. The van der Waals surface area contributed by atoms with E-state index in [4.69, 9.17) is 12.2 Å². The molecule has 2 aromatic rings. The summed E-state index contributed by atoms with van der Waals surface area (Å²) in [6.45, 7) is 2.30. The fourth-order valence-electron chi connectivity index (χ4n) is 3.31. The Hall–Kier alpha value is -0.680. The molecule has 0 spiro atoms. The van der Waals surface area contributed by atoms with Gasteiger partial charge in [-0.05, 0) is 53.0 Å². The number of hydrogen-bond donors (Lipinski definition) is 1. The molecule has 1 aromatic carbocycles. The number of aromatic amines is 1. The number of imidazole rings is 1. The SMILES string of the molecule is CC1CCCCCC1n1c(=S)[nH]c2cc(F)c(Br)cc21. The van der Waals surface area contributed by atoms with Crippen LogP contribution in [0.5, 0.6) is 0 Å². The molecule has 3 rings (SSSR count). The molecule has 1 saturated carbocycles. The average Bonchev–Trinajstić information content (AvgIpc) is 2.58. The maximum Gasteiger partial charge on any atom is 0.178 e. The Morgan fingerprint density at radius 3 is 2.85 bits per heavy atom. The van der Waals surface area contributed by atoms with E-state index in [0.717, 1.165) is 17.5 Å². The number of halogens is 2. The standard InChI is InChI=1S/C15H18BrFN2S/c1-9-5-3-2-4-6-13(9)19-14-7-10(16)11(17)8-12(14)18-15(19)20/h7-9,13H,2-6H2,1H3,(H,18,20). The van der Waals surface area contributed by atoms with Crippen molar-refractivity contribution in [3.05, 3.63) is 27.2 Å². The normalized spacial score (nSPS) is 23.9. The zero-order valence-electron chi connectivity index (χ0n) is 11.5. The summed E-state index contributed by atoms with van der Waals surface area (Å²) in [6, 6.07) is 3.78. The summed E-state index contributed by atoms with van der Waals surface area (Å²) in [4.78, 5) is 3.15. The fourth-order valence-corrected chi connectivity index (χ4v) is 3.98. The quantitative estimate of drug-likeness (QED) is 0.510. The molecule has 0 amide bonds. The highest BCUT2D eigenvalue weighted by Gasteiger charge is 2.24. The van der Waals surface area contributed by atoms with E-state index in [1.54, 1.807) is 0 Å². The summed E-state index contributed by atoms with van der Waals surface area (Å²) < 4.78 is 17.1. The number of nitrogens with one attached hydrogen (secondary N) is 1. The van der Waals surface area contributed by atoms with Crippen molar-refractivity contribution in [2.45, 2.75) is 45.1 Å². The Kier molecular flexibility index (Phi) is 4.00. The Labute approximate surface area is 131 Å². The molecule has 0 saturated heterocycles. The first-order chi connectivity index (χ1) is 9.58. The molecule has 5 heteroatoms. The molecule has 1 heterocycles. The number of fused-ring (bicyclic) bond motifs is 1. The molecule has 1 N–H and O–H groups in total. The second-order valence-corrected chi connectivity index (χ2v) is 7.01. The first-order valence-corrected chi connectivity index (χ1v) is 8.37. The van der Waals surface area contributed by atoms with Crippen molar-refractivity contribution in [2.24, 2.45) is 5.92 Å². The molecule has 1 aliphatic rings. The van der Waals surface area contributed by atoms with Gasteiger partial charge < -0.3 is 9.55 Å². The van der Waals surface area contributed by atoms with E-state index in [2.05, 4.69) is 32.4 Å². The minimum absolute atomic E-state index is 0.255. The molecule has 0 bridgehead atoms. The van der Waals surface area contributed by atoms with Crippen LogP contribution in [0.3, 0.4) is 0 Å². The molecule has 1 aromatic heterocycles. The maximum absolute atomic E-state index is 13.7. The largest absolute Gasteiger partial charge is 0.330 e. The van der Waals surface area contributed by atoms with E-state index in [-0.39, 0.29) is 5.82 Å². The number of nitrogens with zero attached hydrogens (tertiary/aromatic N) is 1. The first kappa shape index (κ1) is 14.3. The molecule has 0 aliphatic heterocycles. The van der Waals surface area contributed by atoms with Gasteiger partial charge in [-0.25, -0.2) is 4.39 Å². The summed E-state index contributed by atoms with van der Waals surface area (Å²) in [6.07, 6.45) is 6.23. The molecule has 2 atom stereocenters. The Morgan fingerprint density at radius 1 is 1.30 bits per heavy atom. The van der Waals surface area contributed by atoms with E-state index in [1.165, 1.54) is 31.7 Å². The van der Waals surface area contributed by atoms with Crippen LogP contribution in [0.4, 0.5) is 4.39 Å². The van der Waals surface area contributed by atoms with Crippen LogP contribution in [-0.2, 0) is 0 Å². The minimum atomic E-state index is -0.255. The van der Waals surface area contributed by atoms with Crippen LogP contribution in [0.25, 0.3) is 11.0 Å². The van der Waals surface area contributed by atoms with Gasteiger partial charge in [-0.2, -0.15) is 0 Å². The van der Waals surface area contributed by atoms with Gasteiger partial charge in [0.15, 0.2) is 4.77 Å². The lowest BCUT2D eigenvalue weighted by Gasteiger charge is -2.24. The highest BCUT2D eigenvalue weighted by Crippen LogP contribution is 2.35. The Bertz CT molecular complexity index is 691. The van der Waals surface area contributed by atoms with Gasteiger partial charge in [0.25, 0.3) is 0 Å². The molecule has 1 fully saturated rings. The first-order valence-electron chi connectivity index (χ1n) is 7.17. The van der Waals surface area contributed by atoms with E-state index < -0.39 is 0 Å². The second-order valence-electron chi connectivity index (χ2n) is 5.77. The van der Waals surface area contributed by atoms with Crippen molar-refractivity contribution in [2.75, 3.05) is 0 Å². The smallest absolute Gasteiger partial charge is 0.178 e. The van der Waals surface area contributed by atoms with Crippen molar-refractivity contribution in [1.29, 1.82) is 0 Å². The van der Waals surface area contributed by atoms with Crippen molar-refractivity contribution >= 4 is 39.2 Å². The van der Waals surface area contributed by atoms with Gasteiger partial charge in [-0.15, -0.1) is 0 Å². The molecule has 2 unspecified atom stereocenters. The van der Waals surface area contributed by atoms with Crippen LogP contribution >= 0.6 is 28.1 Å². The van der Waals surface area contributed by atoms with Gasteiger partial charge in [0.1, 0.15) is 5.82 Å². The molecule has 1 aliphatic carbocycles. The lowest BCUT2D eigenvalue weighted by atomic mass is 9.96. The second kappa shape index (κ2) is 5.60.